The van der Waals surface area contributed by atoms with E-state index in [1.54, 1.807) is 0 Å². The molecule has 0 aliphatic heterocycles. The first-order valence-electron chi connectivity index (χ1n) is 19.4. The molecule has 0 radical (unpaired) electrons. The van der Waals surface area contributed by atoms with E-state index in [0.717, 1.165) is 33.1 Å². The SMILES string of the molecule is CC(C)c1cccc(C(C)C)c1-c1ccc2c(c1)c1c3ccccc3c3ccc4oc5c(-c6c(C(C)C)cccc6C(C)C)cc[n+]6[nH]n2c1c3c4c56. The second-order valence-electron chi connectivity index (χ2n) is 16.4. The molecule has 0 unspecified atom stereocenters. The van der Waals surface area contributed by atoms with Gasteiger partial charge in [-0.25, -0.2) is 0 Å². The molecular weight excluding hydrogens is 647 g/mol. The molecule has 0 aliphatic rings. The van der Waals surface area contributed by atoms with Crippen LogP contribution in [-0.2, 0) is 0 Å². The molecule has 0 aliphatic carbocycles. The molecule has 0 amide bonds. The smallest absolute Gasteiger partial charge is 0.207 e. The lowest BCUT2D eigenvalue weighted by molar-refractivity contribution is -0.585. The standard InChI is InChI=1S/C49H46N3O/c1-26(2)31-15-11-16-32(27(3)4)42(31)30-19-21-40-39(25-30)44-36-14-10-9-13-35(36)37-20-22-41-46-45(37)47(44)52(40)50-51-24-23-38(49(53-41)48(46)51)43-33(28(5)6)17-12-18-34(43)29(7)8/h9-29,50H,1-8H3/q+1. The van der Waals surface area contributed by atoms with E-state index in [9.17, 15) is 0 Å². The highest BCUT2D eigenvalue weighted by atomic mass is 16.3. The van der Waals surface area contributed by atoms with Gasteiger partial charge in [-0.1, -0.05) is 127 Å². The summed E-state index contributed by atoms with van der Waals surface area (Å²) in [6.45, 7) is 18.4. The largest absolute Gasteiger partial charge is 0.451 e. The minimum absolute atomic E-state index is 0.372. The molecular formula is C49H46N3O+. The third kappa shape index (κ3) is 4.38. The first-order chi connectivity index (χ1) is 25.6. The fourth-order valence-corrected chi connectivity index (χ4v) is 9.49. The summed E-state index contributed by atoms with van der Waals surface area (Å²) >= 11 is 0. The van der Waals surface area contributed by atoms with E-state index in [-0.39, 0.29) is 0 Å². The van der Waals surface area contributed by atoms with Gasteiger partial charge in [-0.15, -0.1) is 9.03 Å². The lowest BCUT2D eigenvalue weighted by atomic mass is 9.84. The van der Waals surface area contributed by atoms with Gasteiger partial charge in [-0.3, -0.25) is 0 Å². The van der Waals surface area contributed by atoms with Crippen molar-refractivity contribution in [3.8, 4) is 22.3 Å². The first-order valence-corrected chi connectivity index (χ1v) is 19.4. The monoisotopic (exact) mass is 692 g/mol. The van der Waals surface area contributed by atoms with Crippen LogP contribution in [0.15, 0.2) is 108 Å². The van der Waals surface area contributed by atoms with Crippen LogP contribution in [0, 0.1) is 0 Å². The van der Waals surface area contributed by atoms with Crippen LogP contribution >= 0.6 is 0 Å². The second kappa shape index (κ2) is 11.4. The number of rotatable bonds is 6. The highest BCUT2D eigenvalue weighted by Crippen LogP contribution is 2.48. The van der Waals surface area contributed by atoms with Gasteiger partial charge in [-0.2, -0.15) is 0 Å². The van der Waals surface area contributed by atoms with Crippen molar-refractivity contribution in [2.45, 2.75) is 79.1 Å². The third-order valence-electron chi connectivity index (χ3n) is 11.9. The van der Waals surface area contributed by atoms with Crippen molar-refractivity contribution < 1.29 is 8.93 Å². The number of benzene rings is 6. The Bertz CT molecular complexity index is 3020. The third-order valence-corrected chi connectivity index (χ3v) is 11.9. The van der Waals surface area contributed by atoms with Crippen molar-refractivity contribution in [2.75, 3.05) is 0 Å². The van der Waals surface area contributed by atoms with E-state index >= 15 is 0 Å². The zero-order valence-electron chi connectivity index (χ0n) is 31.9. The number of nitrogens with one attached hydrogen (secondary N) is 1. The van der Waals surface area contributed by atoms with E-state index < -0.39 is 0 Å². The number of pyridine rings is 1. The average Bonchev–Trinajstić information content (AvgIpc) is 3.65. The molecule has 0 saturated carbocycles. The van der Waals surface area contributed by atoms with Crippen molar-refractivity contribution in [1.29, 1.82) is 0 Å². The van der Waals surface area contributed by atoms with Crippen LogP contribution in [0.3, 0.4) is 0 Å². The van der Waals surface area contributed by atoms with Gasteiger partial charge < -0.3 is 4.42 Å². The van der Waals surface area contributed by atoms with E-state index in [1.807, 2.05) is 0 Å². The molecule has 10 aromatic rings. The fourth-order valence-electron chi connectivity index (χ4n) is 9.49. The Kier molecular flexibility index (Phi) is 6.92. The minimum atomic E-state index is 0.372. The molecule has 4 aromatic heterocycles. The van der Waals surface area contributed by atoms with Crippen molar-refractivity contribution in [3.05, 3.63) is 126 Å². The molecule has 10 rings (SSSR count). The van der Waals surface area contributed by atoms with Crippen LogP contribution < -0.4 is 4.52 Å². The summed E-state index contributed by atoms with van der Waals surface area (Å²) in [6, 6.07) is 36.5. The second-order valence-corrected chi connectivity index (χ2v) is 16.4. The molecule has 6 aromatic carbocycles. The summed E-state index contributed by atoms with van der Waals surface area (Å²) in [7, 11) is 0. The van der Waals surface area contributed by atoms with Gasteiger partial charge in [0, 0.05) is 21.7 Å². The minimum Gasteiger partial charge on any atom is -0.451 e. The van der Waals surface area contributed by atoms with Gasteiger partial charge in [0.25, 0.3) is 0 Å². The van der Waals surface area contributed by atoms with Crippen molar-refractivity contribution in [3.63, 3.8) is 0 Å². The van der Waals surface area contributed by atoms with Gasteiger partial charge in [-0.05, 0) is 109 Å². The number of aromatic amines is 1. The molecule has 0 atom stereocenters. The maximum Gasteiger partial charge on any atom is 0.207 e. The number of H-pyrrole nitrogens is 1. The average molecular weight is 693 g/mol. The van der Waals surface area contributed by atoms with E-state index in [4.69, 9.17) is 4.42 Å². The molecule has 0 spiro atoms. The number of hydrogen-bond acceptors (Lipinski definition) is 1. The lowest BCUT2D eigenvalue weighted by Gasteiger charge is -2.20. The normalized spacial score (nSPS) is 12.8. The number of fused-ring (bicyclic) bond motifs is 6. The van der Waals surface area contributed by atoms with Gasteiger partial charge in [0.15, 0.2) is 16.6 Å². The van der Waals surface area contributed by atoms with Crippen LogP contribution in [0.2, 0.25) is 0 Å². The number of aromatic nitrogens is 3. The van der Waals surface area contributed by atoms with Crippen LogP contribution in [-0.4, -0.2) is 9.73 Å². The van der Waals surface area contributed by atoms with Crippen LogP contribution in [0.25, 0.3) is 87.7 Å². The number of hydrogen-bond donors (Lipinski definition) is 1. The van der Waals surface area contributed by atoms with Gasteiger partial charge in [0.05, 0.1) is 5.39 Å². The summed E-state index contributed by atoms with van der Waals surface area (Å²) in [5.41, 5.74) is 15.9. The highest BCUT2D eigenvalue weighted by Gasteiger charge is 2.30. The Morgan fingerprint density at radius 3 is 1.79 bits per heavy atom. The Morgan fingerprint density at radius 2 is 1.15 bits per heavy atom. The van der Waals surface area contributed by atoms with Gasteiger partial charge in [0.1, 0.15) is 11.8 Å². The summed E-state index contributed by atoms with van der Waals surface area (Å²) < 4.78 is 11.6. The zero-order valence-corrected chi connectivity index (χ0v) is 31.9. The molecule has 0 saturated heterocycles. The predicted octanol–water partition coefficient (Wildman–Crippen LogP) is 13.6. The molecule has 0 bridgehead atoms. The maximum absolute atomic E-state index is 7.04. The summed E-state index contributed by atoms with van der Waals surface area (Å²) in [4.78, 5) is 0. The summed E-state index contributed by atoms with van der Waals surface area (Å²) in [5.74, 6) is 1.57. The van der Waals surface area contributed by atoms with E-state index in [1.165, 1.54) is 76.8 Å². The number of furan rings is 1. The fraction of sp³-hybridized carbons (Fsp3) is 0.245. The molecule has 262 valence electrons. The molecule has 4 heterocycles. The molecule has 4 nitrogen and oxygen atoms in total. The van der Waals surface area contributed by atoms with Crippen LogP contribution in [0.1, 0.15) is 101 Å². The van der Waals surface area contributed by atoms with Gasteiger partial charge >= 0.3 is 0 Å². The van der Waals surface area contributed by atoms with E-state index in [0.29, 0.717) is 23.7 Å². The highest BCUT2D eigenvalue weighted by molar-refractivity contribution is 6.37. The van der Waals surface area contributed by atoms with Crippen LogP contribution in [0.4, 0.5) is 0 Å². The summed E-state index contributed by atoms with van der Waals surface area (Å²) in [5, 5.41) is 12.6. The Balaban J connectivity index is 1.39. The molecule has 1 N–H and O–H groups in total. The quantitative estimate of drug-likeness (QED) is 0.137. The number of nitrogens with zero attached hydrogens (tertiary/aromatic N) is 2. The topological polar surface area (TPSA) is 37.4 Å². The zero-order chi connectivity index (χ0) is 36.4. The van der Waals surface area contributed by atoms with Crippen molar-refractivity contribution in [2.24, 2.45) is 0 Å². The van der Waals surface area contributed by atoms with Crippen molar-refractivity contribution in [1.82, 2.24) is 9.73 Å². The van der Waals surface area contributed by atoms with Crippen molar-refractivity contribution >= 4 is 65.4 Å². The molecule has 53 heavy (non-hydrogen) atoms. The predicted molar refractivity (Wildman–Crippen MR) is 223 cm³/mol. The Hall–Kier alpha value is -5.61. The first kappa shape index (κ1) is 32.1. The Labute approximate surface area is 309 Å². The van der Waals surface area contributed by atoms with Crippen LogP contribution in [0.5, 0.6) is 0 Å². The van der Waals surface area contributed by atoms with E-state index in [2.05, 4.69) is 173 Å². The molecule has 4 heteroatoms. The lowest BCUT2D eigenvalue weighted by Crippen LogP contribution is -2.26. The maximum atomic E-state index is 7.04. The summed E-state index contributed by atoms with van der Waals surface area (Å²) in [6.07, 6.45) is 2.21. The van der Waals surface area contributed by atoms with Gasteiger partial charge in [0.2, 0.25) is 5.52 Å². The molecule has 0 fully saturated rings. The Morgan fingerprint density at radius 1 is 0.547 bits per heavy atom.